The minimum Gasteiger partial charge on any atom is -0.440 e. The van der Waals surface area contributed by atoms with Gasteiger partial charge in [0, 0.05) is 30.3 Å². The standard InChI is InChI=1S/C26H24N4O3/c1-26(2)22(17-14-28-24(29-15-17)16-11-12-16)23(26)25(31)33-20(13-27)19-9-6-10-21(30-19)32-18-7-4-3-5-8-18/h3-10,14-16,20,22-23H,11-12H2,1-2H3/t20?,22-,23+/m0/s1. The molecule has 0 bridgehead atoms. The Morgan fingerprint density at radius 1 is 1.09 bits per heavy atom. The minimum atomic E-state index is -1.12. The molecule has 166 valence electrons. The molecule has 0 amide bonds. The van der Waals surface area contributed by atoms with Crippen molar-refractivity contribution in [3.8, 4) is 17.7 Å². The van der Waals surface area contributed by atoms with Crippen molar-refractivity contribution in [1.29, 1.82) is 5.26 Å². The van der Waals surface area contributed by atoms with E-state index in [4.69, 9.17) is 9.47 Å². The maximum atomic E-state index is 13.0. The fraction of sp³-hybridized carbons (Fsp3) is 0.346. The second-order valence-electron chi connectivity index (χ2n) is 9.19. The van der Waals surface area contributed by atoms with Crippen LogP contribution in [0.2, 0.25) is 0 Å². The number of para-hydroxylation sites is 1. The van der Waals surface area contributed by atoms with Crippen molar-refractivity contribution in [3.63, 3.8) is 0 Å². The summed E-state index contributed by atoms with van der Waals surface area (Å²) in [6, 6.07) is 16.3. The van der Waals surface area contributed by atoms with Crippen molar-refractivity contribution in [2.24, 2.45) is 11.3 Å². The molecule has 3 aromatic rings. The number of hydrogen-bond acceptors (Lipinski definition) is 7. The van der Waals surface area contributed by atoms with Crippen molar-refractivity contribution >= 4 is 5.97 Å². The number of carbonyl (C=O) groups is 1. The number of aromatic nitrogens is 3. The summed E-state index contributed by atoms with van der Waals surface area (Å²) < 4.78 is 11.4. The Morgan fingerprint density at radius 2 is 1.82 bits per heavy atom. The van der Waals surface area contributed by atoms with Gasteiger partial charge in [-0.1, -0.05) is 38.1 Å². The van der Waals surface area contributed by atoms with Gasteiger partial charge >= 0.3 is 5.97 Å². The monoisotopic (exact) mass is 440 g/mol. The first-order valence-corrected chi connectivity index (χ1v) is 11.1. The molecule has 2 aromatic heterocycles. The van der Waals surface area contributed by atoms with Gasteiger partial charge < -0.3 is 9.47 Å². The summed E-state index contributed by atoms with van der Waals surface area (Å²) in [6.07, 6.45) is 4.82. The fourth-order valence-corrected chi connectivity index (χ4v) is 4.35. The average Bonchev–Trinajstić information content (AvgIpc) is 3.74. The van der Waals surface area contributed by atoms with E-state index >= 15 is 0 Å². The lowest BCUT2D eigenvalue weighted by molar-refractivity contribution is -0.149. The molecule has 5 rings (SSSR count). The van der Waals surface area contributed by atoms with Gasteiger partial charge in [-0.25, -0.2) is 15.0 Å². The first-order valence-electron chi connectivity index (χ1n) is 11.1. The Balaban J connectivity index is 1.28. The van der Waals surface area contributed by atoms with Crippen LogP contribution in [-0.4, -0.2) is 20.9 Å². The number of rotatable bonds is 7. The second kappa shape index (κ2) is 8.28. The van der Waals surface area contributed by atoms with E-state index in [1.54, 1.807) is 18.2 Å². The molecule has 0 radical (unpaired) electrons. The third kappa shape index (κ3) is 4.29. The highest BCUT2D eigenvalue weighted by atomic mass is 16.5. The number of pyridine rings is 1. The van der Waals surface area contributed by atoms with Crippen LogP contribution in [0.25, 0.3) is 0 Å². The highest BCUT2D eigenvalue weighted by Crippen LogP contribution is 2.64. The summed E-state index contributed by atoms with van der Waals surface area (Å²) in [5, 5.41) is 9.68. The van der Waals surface area contributed by atoms with Gasteiger partial charge in [-0.3, -0.25) is 4.79 Å². The van der Waals surface area contributed by atoms with E-state index in [-0.39, 0.29) is 17.3 Å². The molecule has 2 fully saturated rings. The van der Waals surface area contributed by atoms with Crippen molar-refractivity contribution in [2.75, 3.05) is 0 Å². The molecule has 0 aliphatic heterocycles. The van der Waals surface area contributed by atoms with Crippen molar-refractivity contribution in [2.45, 2.75) is 44.6 Å². The molecule has 3 atom stereocenters. The Bertz CT molecular complexity index is 1200. The summed E-state index contributed by atoms with van der Waals surface area (Å²) in [6.45, 7) is 4.04. The fourth-order valence-electron chi connectivity index (χ4n) is 4.35. The van der Waals surface area contributed by atoms with E-state index in [0.717, 1.165) is 24.2 Å². The Morgan fingerprint density at radius 3 is 2.48 bits per heavy atom. The average molecular weight is 441 g/mol. The molecule has 0 N–H and O–H groups in total. The SMILES string of the molecule is CC1(C)[C@@H](C(=O)OC(C#N)c2cccc(Oc3ccccc3)n2)[C@@H]1c1cnc(C2CC2)nc1. The Labute approximate surface area is 192 Å². The van der Waals surface area contributed by atoms with Gasteiger partial charge in [-0.2, -0.15) is 5.26 Å². The number of esters is 1. The molecule has 7 heteroatoms. The van der Waals surface area contributed by atoms with Gasteiger partial charge in [0.1, 0.15) is 17.6 Å². The predicted octanol–water partition coefficient (Wildman–Crippen LogP) is 5.09. The van der Waals surface area contributed by atoms with Gasteiger partial charge in [0.05, 0.1) is 11.6 Å². The van der Waals surface area contributed by atoms with E-state index in [9.17, 15) is 10.1 Å². The summed E-state index contributed by atoms with van der Waals surface area (Å²) in [5.74, 6) is 1.49. The number of benzene rings is 1. The van der Waals surface area contributed by atoms with E-state index in [1.807, 2.05) is 62.6 Å². The first kappa shape index (κ1) is 21.1. The van der Waals surface area contributed by atoms with E-state index in [1.165, 1.54) is 0 Å². The third-order valence-electron chi connectivity index (χ3n) is 6.41. The topological polar surface area (TPSA) is 98.0 Å². The quantitative estimate of drug-likeness (QED) is 0.472. The van der Waals surface area contributed by atoms with Crippen LogP contribution >= 0.6 is 0 Å². The second-order valence-corrected chi connectivity index (χ2v) is 9.19. The van der Waals surface area contributed by atoms with Gasteiger partial charge in [0.2, 0.25) is 12.0 Å². The molecule has 7 nitrogen and oxygen atoms in total. The van der Waals surface area contributed by atoms with Crippen LogP contribution in [-0.2, 0) is 9.53 Å². The lowest BCUT2D eigenvalue weighted by Crippen LogP contribution is -2.15. The zero-order chi connectivity index (χ0) is 23.0. The van der Waals surface area contributed by atoms with E-state index < -0.39 is 12.1 Å². The van der Waals surface area contributed by atoms with Crippen molar-refractivity contribution in [1.82, 2.24) is 15.0 Å². The smallest absolute Gasteiger partial charge is 0.311 e. The van der Waals surface area contributed by atoms with E-state index in [2.05, 4.69) is 15.0 Å². The largest absolute Gasteiger partial charge is 0.440 e. The third-order valence-corrected chi connectivity index (χ3v) is 6.41. The van der Waals surface area contributed by atoms with Gasteiger partial charge in [0.25, 0.3) is 0 Å². The lowest BCUT2D eigenvalue weighted by Gasteiger charge is -2.12. The van der Waals surface area contributed by atoms with Gasteiger partial charge in [-0.15, -0.1) is 0 Å². The normalized spacial score (nSPS) is 21.5. The molecule has 0 saturated heterocycles. The number of nitrogens with zero attached hydrogens (tertiary/aromatic N) is 4. The van der Waals surface area contributed by atoms with Crippen LogP contribution < -0.4 is 4.74 Å². The van der Waals surface area contributed by atoms with Crippen LogP contribution in [0.15, 0.2) is 60.9 Å². The van der Waals surface area contributed by atoms with Gasteiger partial charge in [-0.05, 0) is 42.0 Å². The van der Waals surface area contributed by atoms with Crippen molar-refractivity contribution < 1.29 is 14.3 Å². The van der Waals surface area contributed by atoms with Crippen LogP contribution in [0, 0.1) is 22.7 Å². The first-order chi connectivity index (χ1) is 16.0. The maximum Gasteiger partial charge on any atom is 0.311 e. The molecule has 2 aliphatic carbocycles. The number of carbonyl (C=O) groups excluding carboxylic acids is 1. The number of ether oxygens (including phenoxy) is 2. The summed E-state index contributed by atoms with van der Waals surface area (Å²) in [7, 11) is 0. The zero-order valence-corrected chi connectivity index (χ0v) is 18.5. The minimum absolute atomic E-state index is 0.0432. The predicted molar refractivity (Wildman–Crippen MR) is 119 cm³/mol. The zero-order valence-electron chi connectivity index (χ0n) is 18.5. The Kier molecular flexibility index (Phi) is 5.29. The lowest BCUT2D eigenvalue weighted by atomic mass is 10.1. The molecule has 1 aromatic carbocycles. The summed E-state index contributed by atoms with van der Waals surface area (Å²) in [5.41, 5.74) is 0.954. The Hall–Kier alpha value is -3.79. The van der Waals surface area contributed by atoms with Crippen LogP contribution in [0.3, 0.4) is 0 Å². The van der Waals surface area contributed by atoms with Crippen LogP contribution in [0.5, 0.6) is 11.6 Å². The van der Waals surface area contributed by atoms with Crippen LogP contribution in [0.1, 0.15) is 61.7 Å². The molecule has 33 heavy (non-hydrogen) atoms. The molecule has 0 spiro atoms. The molecule has 2 aliphatic rings. The molecule has 2 saturated carbocycles. The summed E-state index contributed by atoms with van der Waals surface area (Å²) >= 11 is 0. The highest BCUT2D eigenvalue weighted by Gasteiger charge is 2.63. The molecular formula is C26H24N4O3. The number of hydrogen-bond donors (Lipinski definition) is 0. The van der Waals surface area contributed by atoms with Crippen LogP contribution in [0.4, 0.5) is 0 Å². The summed E-state index contributed by atoms with van der Waals surface area (Å²) in [4.78, 5) is 26.4. The maximum absolute atomic E-state index is 13.0. The number of nitriles is 1. The van der Waals surface area contributed by atoms with E-state index in [0.29, 0.717) is 23.2 Å². The molecule has 2 heterocycles. The molecule has 1 unspecified atom stereocenters. The van der Waals surface area contributed by atoms with Crippen molar-refractivity contribution in [3.05, 3.63) is 78.0 Å². The molecular weight excluding hydrogens is 416 g/mol. The van der Waals surface area contributed by atoms with Gasteiger partial charge in [0.15, 0.2) is 0 Å². The highest BCUT2D eigenvalue weighted by molar-refractivity contribution is 5.80.